The molecule has 13 heavy (non-hydrogen) atoms. The number of likely N-dealkylation sites (N-methyl/N-ethyl adjacent to an activating group) is 1. The lowest BCUT2D eigenvalue weighted by Crippen LogP contribution is -2.43. The van der Waals surface area contributed by atoms with E-state index in [-0.39, 0.29) is 6.42 Å². The molecule has 0 saturated carbocycles. The largest absolute Gasteiger partial charge is 0.550 e. The molecule has 0 aliphatic carbocycles. The Bertz CT molecular complexity index is 143. The minimum Gasteiger partial charge on any atom is -0.550 e. The van der Waals surface area contributed by atoms with Gasteiger partial charge in [0.1, 0.15) is 12.6 Å². The molecule has 1 atom stereocenters. The van der Waals surface area contributed by atoms with E-state index in [9.17, 15) is 9.90 Å². The van der Waals surface area contributed by atoms with E-state index in [0.717, 1.165) is 0 Å². The summed E-state index contributed by atoms with van der Waals surface area (Å²) < 4.78 is 0.550. The highest BCUT2D eigenvalue weighted by Crippen LogP contribution is 1.97. The fraction of sp³-hybridized carbons (Fsp3) is 0.875. The van der Waals surface area contributed by atoms with Crippen molar-refractivity contribution in [1.29, 1.82) is 0 Å². The van der Waals surface area contributed by atoms with E-state index >= 15 is 0 Å². The highest BCUT2D eigenvalue weighted by atomic mass is 16.4. The molecule has 5 nitrogen and oxygen atoms in total. The second kappa shape index (κ2) is 6.82. The van der Waals surface area contributed by atoms with Crippen molar-refractivity contribution in [2.24, 2.45) is 5.73 Å². The zero-order chi connectivity index (χ0) is 11.1. The van der Waals surface area contributed by atoms with Gasteiger partial charge in [0.2, 0.25) is 0 Å². The topological polar surface area (TPSA) is 86.4 Å². The minimum absolute atomic E-state index is 0.282. The Morgan fingerprint density at radius 3 is 2.08 bits per heavy atom. The number of aliphatic hydroxyl groups excluding tert-OH is 1. The van der Waals surface area contributed by atoms with E-state index in [0.29, 0.717) is 11.0 Å². The summed E-state index contributed by atoms with van der Waals surface area (Å²) in [6, 6.07) is 0. The van der Waals surface area contributed by atoms with Crippen LogP contribution >= 0.6 is 0 Å². The number of aliphatic hydroxyl groups is 1. The first-order valence-electron chi connectivity index (χ1n) is 4.07. The van der Waals surface area contributed by atoms with Crippen LogP contribution in [0.15, 0.2) is 0 Å². The third-order valence-corrected chi connectivity index (χ3v) is 1.16. The van der Waals surface area contributed by atoms with Gasteiger partial charge in [-0.3, -0.25) is 0 Å². The van der Waals surface area contributed by atoms with Gasteiger partial charge < -0.3 is 25.2 Å². The second-order valence-corrected chi connectivity index (χ2v) is 3.70. The smallest absolute Gasteiger partial charge is 0.108 e. The molecule has 5 heteroatoms. The molecule has 0 aromatic heterocycles. The van der Waals surface area contributed by atoms with Gasteiger partial charge in [0.25, 0.3) is 0 Å². The monoisotopic (exact) mass is 192 g/mol. The molecule has 0 fully saturated rings. The maximum atomic E-state index is 10.0. The molecule has 0 unspecified atom stereocenters. The van der Waals surface area contributed by atoms with Gasteiger partial charge in [0.05, 0.1) is 21.1 Å². The number of nitrogens with zero attached hydrogens (tertiary/aromatic N) is 1. The summed E-state index contributed by atoms with van der Waals surface area (Å²) in [7, 11) is 7.16. The van der Waals surface area contributed by atoms with Gasteiger partial charge in [-0.2, -0.15) is 0 Å². The Labute approximate surface area is 79.4 Å². The number of carbonyl (C=O) groups is 1. The first-order chi connectivity index (χ1) is 5.81. The van der Waals surface area contributed by atoms with Crippen LogP contribution in [0.5, 0.6) is 0 Å². The molecular weight excluding hydrogens is 172 g/mol. The molecular formula is C8H20N2O3. The first-order valence-corrected chi connectivity index (χ1v) is 4.07. The summed E-state index contributed by atoms with van der Waals surface area (Å²) in [6.45, 7) is 0.425. The summed E-state index contributed by atoms with van der Waals surface area (Å²) in [5, 5.41) is 19.1. The second-order valence-electron chi connectivity index (χ2n) is 3.70. The SMILES string of the molecule is CN.C[N+](C)(C)C[C@H](O)CC(=O)[O-]. The van der Waals surface area contributed by atoms with Crippen molar-refractivity contribution >= 4 is 5.97 Å². The van der Waals surface area contributed by atoms with Crippen molar-refractivity contribution in [3.05, 3.63) is 0 Å². The lowest BCUT2D eigenvalue weighted by Gasteiger charge is -2.26. The van der Waals surface area contributed by atoms with E-state index in [1.165, 1.54) is 7.05 Å². The zero-order valence-electron chi connectivity index (χ0n) is 8.78. The van der Waals surface area contributed by atoms with E-state index in [1.54, 1.807) is 0 Å². The van der Waals surface area contributed by atoms with Crippen LogP contribution in [0.2, 0.25) is 0 Å². The van der Waals surface area contributed by atoms with Crippen LogP contribution in [-0.2, 0) is 4.79 Å². The number of rotatable bonds is 4. The van der Waals surface area contributed by atoms with Gasteiger partial charge >= 0.3 is 0 Å². The quantitative estimate of drug-likeness (QED) is 0.493. The first kappa shape index (κ1) is 14.9. The van der Waals surface area contributed by atoms with E-state index < -0.39 is 12.1 Å². The van der Waals surface area contributed by atoms with Gasteiger partial charge in [0, 0.05) is 12.4 Å². The van der Waals surface area contributed by atoms with Crippen molar-refractivity contribution in [3.63, 3.8) is 0 Å². The van der Waals surface area contributed by atoms with Gasteiger partial charge in [-0.15, -0.1) is 0 Å². The number of aliphatic carboxylic acids is 1. The average Bonchev–Trinajstić information content (AvgIpc) is 1.85. The van der Waals surface area contributed by atoms with Crippen molar-refractivity contribution in [3.8, 4) is 0 Å². The molecule has 80 valence electrons. The van der Waals surface area contributed by atoms with Crippen molar-refractivity contribution in [2.45, 2.75) is 12.5 Å². The molecule has 0 aromatic rings. The van der Waals surface area contributed by atoms with Gasteiger partial charge in [-0.05, 0) is 7.05 Å². The van der Waals surface area contributed by atoms with Crippen molar-refractivity contribution in [2.75, 3.05) is 34.7 Å². The molecule has 3 N–H and O–H groups in total. The number of carbonyl (C=O) groups excluding carboxylic acids is 1. The standard InChI is InChI=1S/C7H15NO3.CH5N/c1-8(2,3)5-6(9)4-7(10)11;1-2/h6,9H,4-5H2,1-3H3;2H2,1H3/t6-;/m1./s1. The van der Waals surface area contributed by atoms with Crippen molar-refractivity contribution in [1.82, 2.24) is 0 Å². The highest BCUT2D eigenvalue weighted by Gasteiger charge is 2.14. The van der Waals surface area contributed by atoms with Crippen LogP contribution in [-0.4, -0.2) is 56.4 Å². The Hall–Kier alpha value is -0.650. The maximum absolute atomic E-state index is 10.0. The molecule has 0 heterocycles. The minimum atomic E-state index is -1.20. The lowest BCUT2D eigenvalue weighted by molar-refractivity contribution is -0.873. The molecule has 0 bridgehead atoms. The van der Waals surface area contributed by atoms with Crippen LogP contribution in [0, 0.1) is 0 Å². The third kappa shape index (κ3) is 14.2. The number of hydrogen-bond acceptors (Lipinski definition) is 4. The zero-order valence-corrected chi connectivity index (χ0v) is 8.78. The molecule has 0 rings (SSSR count). The van der Waals surface area contributed by atoms with Crippen LogP contribution in [0.3, 0.4) is 0 Å². The van der Waals surface area contributed by atoms with Crippen LogP contribution in [0.4, 0.5) is 0 Å². The number of carboxylic acids is 1. The van der Waals surface area contributed by atoms with Gasteiger partial charge in [0.15, 0.2) is 0 Å². The fourth-order valence-electron chi connectivity index (χ4n) is 0.889. The van der Waals surface area contributed by atoms with Gasteiger partial charge in [-0.1, -0.05) is 0 Å². The van der Waals surface area contributed by atoms with Crippen LogP contribution in [0.1, 0.15) is 6.42 Å². The van der Waals surface area contributed by atoms with E-state index in [1.807, 2.05) is 21.1 Å². The summed E-state index contributed by atoms with van der Waals surface area (Å²) in [5.74, 6) is -1.20. The number of hydrogen-bond donors (Lipinski definition) is 2. The molecule has 0 aliphatic rings. The number of carboxylic acid groups (broad SMARTS) is 1. The Morgan fingerprint density at radius 2 is 1.85 bits per heavy atom. The predicted molar refractivity (Wildman–Crippen MR) is 48.6 cm³/mol. The summed E-state index contributed by atoms with van der Waals surface area (Å²) in [6.07, 6.45) is -1.09. The van der Waals surface area contributed by atoms with E-state index in [4.69, 9.17) is 5.11 Å². The fourth-order valence-corrected chi connectivity index (χ4v) is 0.889. The lowest BCUT2D eigenvalue weighted by atomic mass is 10.2. The highest BCUT2D eigenvalue weighted by molar-refractivity contribution is 5.64. The summed E-state index contributed by atoms with van der Waals surface area (Å²) in [5.41, 5.74) is 4.50. The Kier molecular flexibility index (Phi) is 7.79. The van der Waals surface area contributed by atoms with Crippen LogP contribution in [0.25, 0.3) is 0 Å². The van der Waals surface area contributed by atoms with Crippen LogP contribution < -0.4 is 10.8 Å². The molecule has 0 spiro atoms. The molecule has 0 aliphatic heterocycles. The van der Waals surface area contributed by atoms with E-state index in [2.05, 4.69) is 5.73 Å². The molecule has 0 amide bonds. The summed E-state index contributed by atoms with van der Waals surface area (Å²) in [4.78, 5) is 10.0. The number of quaternary nitrogens is 1. The molecule has 0 radical (unpaired) electrons. The third-order valence-electron chi connectivity index (χ3n) is 1.16. The Morgan fingerprint density at radius 1 is 1.46 bits per heavy atom. The average molecular weight is 192 g/mol. The summed E-state index contributed by atoms with van der Waals surface area (Å²) >= 11 is 0. The number of nitrogens with two attached hydrogens (primary N) is 1. The molecule has 0 saturated heterocycles. The molecule has 0 aromatic carbocycles. The maximum Gasteiger partial charge on any atom is 0.108 e. The Balaban J connectivity index is 0. The predicted octanol–water partition coefficient (Wildman–Crippen LogP) is -2.23. The normalized spacial score (nSPS) is 12.8. The van der Waals surface area contributed by atoms with Gasteiger partial charge in [-0.25, -0.2) is 0 Å². The van der Waals surface area contributed by atoms with Crippen molar-refractivity contribution < 1.29 is 19.5 Å².